The van der Waals surface area contributed by atoms with E-state index in [9.17, 15) is 18.0 Å². The Labute approximate surface area is 126 Å². The second kappa shape index (κ2) is 7.44. The molecule has 1 aliphatic rings. The Kier molecular flexibility index (Phi) is 5.59. The summed E-state index contributed by atoms with van der Waals surface area (Å²) in [6, 6.07) is 5.57. The van der Waals surface area contributed by atoms with Crippen LogP contribution >= 0.6 is 0 Å². The molecule has 0 aromatic carbocycles. The summed E-state index contributed by atoms with van der Waals surface area (Å²) in [6.45, 7) is 0.672. The van der Waals surface area contributed by atoms with E-state index in [1.54, 1.807) is 6.20 Å². The van der Waals surface area contributed by atoms with Crippen LogP contribution in [0.1, 0.15) is 18.5 Å². The summed E-state index contributed by atoms with van der Waals surface area (Å²) in [5.41, 5.74) is 0.971. The molecule has 1 fully saturated rings. The van der Waals surface area contributed by atoms with Crippen LogP contribution in [0.2, 0.25) is 0 Å². The molecule has 1 saturated heterocycles. The minimum absolute atomic E-state index is 0.152. The van der Waals surface area contributed by atoms with Gasteiger partial charge in [0.15, 0.2) is 6.61 Å². The number of nitrogens with one attached hydrogen (secondary N) is 1. The molecule has 122 valence electrons. The van der Waals surface area contributed by atoms with E-state index >= 15 is 0 Å². The van der Waals surface area contributed by atoms with Gasteiger partial charge in [-0.1, -0.05) is 6.07 Å². The standard InChI is InChI=1S/C14H18F3N3O2/c15-14(16,17)10-22-13(21)19-11-4-7-20(8-5-11)9-12-3-1-2-6-18-12/h1-3,6,11H,4-5,7-10H2,(H,19,21). The Morgan fingerprint density at radius 3 is 2.68 bits per heavy atom. The number of ether oxygens (including phenoxy) is 1. The highest BCUT2D eigenvalue weighted by molar-refractivity contribution is 5.67. The number of rotatable bonds is 4. The fourth-order valence-electron chi connectivity index (χ4n) is 2.31. The third-order valence-electron chi connectivity index (χ3n) is 3.39. The smallest absolute Gasteiger partial charge is 0.422 e. The Morgan fingerprint density at radius 1 is 1.36 bits per heavy atom. The van der Waals surface area contributed by atoms with Crippen molar-refractivity contribution in [2.75, 3.05) is 19.7 Å². The van der Waals surface area contributed by atoms with Crippen molar-refractivity contribution in [1.82, 2.24) is 15.2 Å². The van der Waals surface area contributed by atoms with E-state index in [1.807, 2.05) is 18.2 Å². The number of aromatic nitrogens is 1. The van der Waals surface area contributed by atoms with Crippen LogP contribution in [-0.2, 0) is 11.3 Å². The van der Waals surface area contributed by atoms with Gasteiger partial charge in [-0.2, -0.15) is 13.2 Å². The van der Waals surface area contributed by atoms with Crippen LogP contribution < -0.4 is 5.32 Å². The molecular formula is C14H18F3N3O2. The van der Waals surface area contributed by atoms with Crippen molar-refractivity contribution in [3.8, 4) is 0 Å². The molecule has 0 spiro atoms. The molecule has 0 bridgehead atoms. The van der Waals surface area contributed by atoms with Crippen LogP contribution in [0, 0.1) is 0 Å². The zero-order valence-electron chi connectivity index (χ0n) is 12.0. The third-order valence-corrected chi connectivity index (χ3v) is 3.39. The number of nitrogens with zero attached hydrogens (tertiary/aromatic N) is 2. The van der Waals surface area contributed by atoms with Gasteiger partial charge >= 0.3 is 12.3 Å². The van der Waals surface area contributed by atoms with Crippen LogP contribution in [-0.4, -0.2) is 47.9 Å². The molecule has 1 N–H and O–H groups in total. The van der Waals surface area contributed by atoms with Crippen molar-refractivity contribution in [2.24, 2.45) is 0 Å². The maximum atomic E-state index is 11.9. The number of carbonyl (C=O) groups excluding carboxylic acids is 1. The number of hydrogen-bond donors (Lipinski definition) is 1. The SMILES string of the molecule is O=C(NC1CCN(Cc2ccccn2)CC1)OCC(F)(F)F. The Bertz CT molecular complexity index is 474. The first-order valence-electron chi connectivity index (χ1n) is 7.05. The number of likely N-dealkylation sites (tertiary alicyclic amines) is 1. The van der Waals surface area contributed by atoms with Gasteiger partial charge < -0.3 is 10.1 Å². The maximum absolute atomic E-state index is 11.9. The first kappa shape index (κ1) is 16.5. The number of alkyl carbamates (subject to hydrolysis) is 1. The van der Waals surface area contributed by atoms with E-state index in [4.69, 9.17) is 0 Å². The van der Waals surface area contributed by atoms with Crippen LogP contribution in [0.5, 0.6) is 0 Å². The Morgan fingerprint density at radius 2 is 2.09 bits per heavy atom. The number of alkyl halides is 3. The van der Waals surface area contributed by atoms with Gasteiger partial charge in [0.1, 0.15) is 0 Å². The molecule has 1 amide bonds. The van der Waals surface area contributed by atoms with Gasteiger partial charge in [-0.15, -0.1) is 0 Å². The molecule has 0 radical (unpaired) electrons. The van der Waals surface area contributed by atoms with Crippen LogP contribution in [0.4, 0.5) is 18.0 Å². The zero-order valence-corrected chi connectivity index (χ0v) is 12.0. The maximum Gasteiger partial charge on any atom is 0.422 e. The first-order valence-corrected chi connectivity index (χ1v) is 7.05. The number of amides is 1. The minimum atomic E-state index is -4.50. The summed E-state index contributed by atoms with van der Waals surface area (Å²) in [5.74, 6) is 0. The van der Waals surface area contributed by atoms with E-state index in [-0.39, 0.29) is 6.04 Å². The molecule has 5 nitrogen and oxygen atoms in total. The lowest BCUT2D eigenvalue weighted by atomic mass is 10.1. The predicted molar refractivity (Wildman–Crippen MR) is 73.1 cm³/mol. The number of carbonyl (C=O) groups is 1. The molecule has 8 heteroatoms. The van der Waals surface area contributed by atoms with Crippen molar-refractivity contribution >= 4 is 6.09 Å². The summed E-state index contributed by atoms with van der Waals surface area (Å²) in [7, 11) is 0. The summed E-state index contributed by atoms with van der Waals surface area (Å²) < 4.78 is 39.9. The molecular weight excluding hydrogens is 299 g/mol. The van der Waals surface area contributed by atoms with Crippen molar-refractivity contribution < 1.29 is 22.7 Å². The number of piperidine rings is 1. The van der Waals surface area contributed by atoms with E-state index in [1.165, 1.54) is 0 Å². The second-order valence-corrected chi connectivity index (χ2v) is 5.21. The van der Waals surface area contributed by atoms with Crippen molar-refractivity contribution in [3.05, 3.63) is 30.1 Å². The van der Waals surface area contributed by atoms with Gasteiger partial charge in [-0.3, -0.25) is 9.88 Å². The predicted octanol–water partition coefficient (Wildman–Crippen LogP) is 2.33. The summed E-state index contributed by atoms with van der Waals surface area (Å²) >= 11 is 0. The minimum Gasteiger partial charge on any atom is -0.440 e. The molecule has 1 aromatic heterocycles. The highest BCUT2D eigenvalue weighted by Crippen LogP contribution is 2.15. The molecule has 0 aliphatic carbocycles. The molecule has 1 aromatic rings. The first-order chi connectivity index (χ1) is 10.4. The molecule has 0 unspecified atom stereocenters. The van der Waals surface area contributed by atoms with Crippen molar-refractivity contribution in [3.63, 3.8) is 0 Å². The highest BCUT2D eigenvalue weighted by Gasteiger charge is 2.30. The van der Waals surface area contributed by atoms with E-state index in [0.717, 1.165) is 25.3 Å². The molecule has 2 rings (SSSR count). The normalized spacial score (nSPS) is 17.2. The number of hydrogen-bond acceptors (Lipinski definition) is 4. The van der Waals surface area contributed by atoms with Gasteiger partial charge in [0.05, 0.1) is 5.69 Å². The van der Waals surface area contributed by atoms with Crippen molar-refractivity contribution in [1.29, 1.82) is 0 Å². The summed E-state index contributed by atoms with van der Waals surface area (Å²) in [4.78, 5) is 17.7. The molecule has 2 heterocycles. The van der Waals surface area contributed by atoms with Crippen LogP contribution in [0.25, 0.3) is 0 Å². The van der Waals surface area contributed by atoms with E-state index in [0.29, 0.717) is 12.8 Å². The van der Waals surface area contributed by atoms with E-state index in [2.05, 4.69) is 19.9 Å². The summed E-state index contributed by atoms with van der Waals surface area (Å²) in [5, 5.41) is 2.47. The molecule has 1 aliphatic heterocycles. The quantitative estimate of drug-likeness (QED) is 0.926. The van der Waals surface area contributed by atoms with Gasteiger partial charge in [-0.05, 0) is 25.0 Å². The Balaban J connectivity index is 1.68. The lowest BCUT2D eigenvalue weighted by molar-refractivity contribution is -0.160. The lowest BCUT2D eigenvalue weighted by Crippen LogP contribution is -2.45. The van der Waals surface area contributed by atoms with Gasteiger partial charge in [0, 0.05) is 31.9 Å². The zero-order chi connectivity index (χ0) is 16.0. The highest BCUT2D eigenvalue weighted by atomic mass is 19.4. The van der Waals surface area contributed by atoms with Gasteiger partial charge in [-0.25, -0.2) is 4.79 Å². The lowest BCUT2D eigenvalue weighted by Gasteiger charge is -2.31. The largest absolute Gasteiger partial charge is 0.440 e. The average molecular weight is 317 g/mol. The number of pyridine rings is 1. The second-order valence-electron chi connectivity index (χ2n) is 5.21. The Hall–Kier alpha value is -1.83. The monoisotopic (exact) mass is 317 g/mol. The van der Waals surface area contributed by atoms with Crippen molar-refractivity contribution in [2.45, 2.75) is 31.6 Å². The fraction of sp³-hybridized carbons (Fsp3) is 0.571. The summed E-state index contributed by atoms with van der Waals surface area (Å²) in [6.07, 6.45) is -2.42. The van der Waals surface area contributed by atoms with Gasteiger partial charge in [0.25, 0.3) is 0 Å². The number of halogens is 3. The van der Waals surface area contributed by atoms with Crippen LogP contribution in [0.15, 0.2) is 24.4 Å². The molecule has 22 heavy (non-hydrogen) atoms. The van der Waals surface area contributed by atoms with Crippen LogP contribution in [0.3, 0.4) is 0 Å². The average Bonchev–Trinajstić information content (AvgIpc) is 2.48. The van der Waals surface area contributed by atoms with E-state index < -0.39 is 18.9 Å². The van der Waals surface area contributed by atoms with Gasteiger partial charge in [0.2, 0.25) is 0 Å². The molecule has 0 atom stereocenters. The molecule has 0 saturated carbocycles. The topological polar surface area (TPSA) is 54.5 Å². The third kappa shape index (κ3) is 5.88. The fourth-order valence-corrected chi connectivity index (χ4v) is 2.31.